The maximum Gasteiger partial charge on any atom is 0.328 e. The average molecular weight is 727 g/mol. The summed E-state index contributed by atoms with van der Waals surface area (Å²) in [5, 5.41) is 11.2. The molecule has 0 bridgehead atoms. The van der Waals surface area contributed by atoms with E-state index in [4.69, 9.17) is 20.3 Å². The Balaban J connectivity index is 0.000000196. The van der Waals surface area contributed by atoms with Crippen LogP contribution in [-0.2, 0) is 19.1 Å². The predicted molar refractivity (Wildman–Crippen MR) is 207 cm³/mol. The van der Waals surface area contributed by atoms with Gasteiger partial charge in [0, 0.05) is 66.9 Å². The summed E-state index contributed by atoms with van der Waals surface area (Å²) in [6.45, 7) is 10.8. The molecule has 4 aromatic carbocycles. The Labute approximate surface area is 310 Å². The number of carbonyl (C=O) groups excluding carboxylic acids is 1. The van der Waals surface area contributed by atoms with Gasteiger partial charge in [0.15, 0.2) is 0 Å². The second-order valence-electron chi connectivity index (χ2n) is 12.5. The number of carboxylic acids is 1. The van der Waals surface area contributed by atoms with Gasteiger partial charge in [0.05, 0.1) is 32.5 Å². The fourth-order valence-electron chi connectivity index (χ4n) is 5.53. The lowest BCUT2D eigenvalue weighted by atomic mass is 10.1. The number of nitrogens with zero attached hydrogens (tertiary/aromatic N) is 2. The molecule has 4 N–H and O–H groups in total. The molecule has 1 amide bonds. The molecule has 0 unspecified atom stereocenters. The number of benzene rings is 4. The molecule has 9 nitrogen and oxygen atoms in total. The van der Waals surface area contributed by atoms with Gasteiger partial charge >= 0.3 is 5.97 Å². The van der Waals surface area contributed by atoms with Gasteiger partial charge in [0.25, 0.3) is 0 Å². The number of rotatable bonds is 9. The summed E-state index contributed by atoms with van der Waals surface area (Å²) in [5.41, 5.74) is 11.2. The van der Waals surface area contributed by atoms with Crippen LogP contribution in [0.15, 0.2) is 109 Å². The number of hydrogen-bond acceptors (Lipinski definition) is 7. The van der Waals surface area contributed by atoms with Crippen LogP contribution in [0.4, 0.5) is 20.2 Å². The number of nitrogens with two attached hydrogens (primary N) is 1. The van der Waals surface area contributed by atoms with Gasteiger partial charge < -0.3 is 35.4 Å². The van der Waals surface area contributed by atoms with Crippen molar-refractivity contribution in [2.45, 2.75) is 25.9 Å². The van der Waals surface area contributed by atoms with Gasteiger partial charge in [-0.05, 0) is 73.5 Å². The Morgan fingerprint density at radius 2 is 1.15 bits per heavy atom. The molecule has 2 aliphatic rings. The summed E-state index contributed by atoms with van der Waals surface area (Å²) in [7, 11) is 0. The van der Waals surface area contributed by atoms with Crippen LogP contribution in [0.3, 0.4) is 0 Å². The lowest BCUT2D eigenvalue weighted by molar-refractivity contribution is -0.131. The fourth-order valence-corrected chi connectivity index (χ4v) is 5.53. The van der Waals surface area contributed by atoms with Crippen LogP contribution in [0.2, 0.25) is 0 Å². The lowest BCUT2D eigenvalue weighted by Crippen LogP contribution is -2.36. The van der Waals surface area contributed by atoms with Gasteiger partial charge in [-0.25, -0.2) is 13.6 Å². The van der Waals surface area contributed by atoms with Crippen molar-refractivity contribution in [3.05, 3.63) is 143 Å². The van der Waals surface area contributed by atoms with Gasteiger partial charge in [-0.1, -0.05) is 60.7 Å². The molecular formula is C42H48F2N4O5. The normalized spacial score (nSPS) is 15.5. The molecule has 2 saturated heterocycles. The molecule has 53 heavy (non-hydrogen) atoms. The highest BCUT2D eigenvalue weighted by molar-refractivity contribution is 5.92. The first-order valence-electron chi connectivity index (χ1n) is 17.6. The van der Waals surface area contributed by atoms with Crippen molar-refractivity contribution in [3.63, 3.8) is 0 Å². The van der Waals surface area contributed by atoms with Crippen LogP contribution in [0.5, 0.6) is 0 Å². The van der Waals surface area contributed by atoms with Crippen LogP contribution < -0.4 is 20.9 Å². The number of anilines is 2. The van der Waals surface area contributed by atoms with E-state index in [1.165, 1.54) is 47.7 Å². The standard InChI is InChI=1S/C21H23FN2O2.C12H18N2O.C9H7FO2/c1-16(23-21(25)10-9-17-5-2-3-8-20(17)22)18-6-4-7-19(15-18)24-11-13-26-14-12-24;1-10(13)11-3-2-4-12(9-11)14-5-7-15-8-6-14;10-8-4-2-1-3-7(8)5-6-9(11)12/h2-10,15-16H,11-14H2,1H3,(H,23,25);2-4,9-10H,5-8,13H2,1H3;1-6H,(H,11,12)/b10-9+;;6-5+/t16-;10-;/m00./s1. The van der Waals surface area contributed by atoms with Crippen LogP contribution in [-0.4, -0.2) is 69.6 Å². The SMILES string of the molecule is C[C@H](N)c1cccc(N2CCOCC2)c1.C[C@H](NC(=O)/C=C/c1ccccc1F)c1cccc(N2CCOCC2)c1.O=C(O)/C=C/c1ccccc1F. The minimum Gasteiger partial charge on any atom is -0.478 e. The summed E-state index contributed by atoms with van der Waals surface area (Å²) < 4.78 is 37.1. The zero-order valence-electron chi connectivity index (χ0n) is 30.2. The average Bonchev–Trinajstić information content (AvgIpc) is 3.18. The highest BCUT2D eigenvalue weighted by atomic mass is 19.1. The number of nitrogens with one attached hydrogen (secondary N) is 1. The molecule has 2 aliphatic heterocycles. The van der Waals surface area contributed by atoms with Crippen molar-refractivity contribution in [1.82, 2.24) is 5.32 Å². The number of carbonyl (C=O) groups is 2. The van der Waals surface area contributed by atoms with Gasteiger partial charge in [0.1, 0.15) is 11.6 Å². The number of morpholine rings is 2. The Morgan fingerprint density at radius 3 is 1.62 bits per heavy atom. The summed E-state index contributed by atoms with van der Waals surface area (Å²) in [6, 6.07) is 28.9. The van der Waals surface area contributed by atoms with Crippen molar-refractivity contribution >= 4 is 35.4 Å². The third kappa shape index (κ3) is 13.6. The molecule has 0 spiro atoms. The lowest BCUT2D eigenvalue weighted by Gasteiger charge is -2.29. The summed E-state index contributed by atoms with van der Waals surface area (Å²) in [5.74, 6) is -2.10. The minimum absolute atomic E-state index is 0.103. The Morgan fingerprint density at radius 1 is 0.698 bits per heavy atom. The molecule has 6 rings (SSSR count). The fraction of sp³-hybridized carbons (Fsp3) is 0.286. The first-order chi connectivity index (χ1) is 25.6. The molecule has 0 saturated carbocycles. The summed E-state index contributed by atoms with van der Waals surface area (Å²) in [6.07, 6.45) is 4.97. The maximum atomic E-state index is 13.6. The smallest absolute Gasteiger partial charge is 0.328 e. The van der Waals surface area contributed by atoms with Gasteiger partial charge in [-0.3, -0.25) is 4.79 Å². The third-order valence-electron chi connectivity index (χ3n) is 8.51. The molecule has 2 atom stereocenters. The molecule has 4 aromatic rings. The maximum absolute atomic E-state index is 13.6. The van der Waals surface area contributed by atoms with Gasteiger partial charge in [-0.15, -0.1) is 0 Å². The number of ether oxygens (including phenoxy) is 2. The van der Waals surface area contributed by atoms with Crippen molar-refractivity contribution < 1.29 is 33.0 Å². The van der Waals surface area contributed by atoms with E-state index in [0.29, 0.717) is 5.56 Å². The first-order valence-corrected chi connectivity index (χ1v) is 17.6. The first kappa shape index (κ1) is 40.4. The third-order valence-corrected chi connectivity index (χ3v) is 8.51. The van der Waals surface area contributed by atoms with Crippen molar-refractivity contribution in [1.29, 1.82) is 0 Å². The number of amides is 1. The van der Waals surface area contributed by atoms with E-state index in [2.05, 4.69) is 51.5 Å². The van der Waals surface area contributed by atoms with Gasteiger partial charge in [-0.2, -0.15) is 0 Å². The molecule has 2 heterocycles. The van der Waals surface area contributed by atoms with E-state index in [0.717, 1.165) is 69.9 Å². The van der Waals surface area contributed by atoms with Crippen molar-refractivity contribution in [3.8, 4) is 0 Å². The topological polar surface area (TPSA) is 117 Å². The Bertz CT molecular complexity index is 1820. The zero-order chi connectivity index (χ0) is 38.0. The van der Waals surface area contributed by atoms with E-state index in [1.807, 2.05) is 26.0 Å². The predicted octanol–water partition coefficient (Wildman–Crippen LogP) is 7.02. The number of hydrogen-bond donors (Lipinski definition) is 3. The molecule has 11 heteroatoms. The molecule has 0 radical (unpaired) electrons. The van der Waals surface area contributed by atoms with E-state index in [9.17, 15) is 18.4 Å². The van der Waals surface area contributed by atoms with E-state index < -0.39 is 11.8 Å². The second kappa shape index (κ2) is 21.2. The molecular weight excluding hydrogens is 678 g/mol. The monoisotopic (exact) mass is 726 g/mol. The Kier molecular flexibility index (Phi) is 16.2. The molecule has 0 aromatic heterocycles. The highest BCUT2D eigenvalue weighted by Crippen LogP contribution is 2.22. The van der Waals surface area contributed by atoms with Crippen LogP contribution in [0.25, 0.3) is 12.2 Å². The number of aliphatic carboxylic acids is 1. The van der Waals surface area contributed by atoms with E-state index in [1.54, 1.807) is 30.3 Å². The second-order valence-corrected chi connectivity index (χ2v) is 12.5. The van der Waals surface area contributed by atoms with Crippen LogP contribution >= 0.6 is 0 Å². The summed E-state index contributed by atoms with van der Waals surface area (Å²) >= 11 is 0. The minimum atomic E-state index is -1.08. The molecule has 0 aliphatic carbocycles. The van der Waals surface area contributed by atoms with Gasteiger partial charge in [0.2, 0.25) is 5.91 Å². The number of carboxylic acid groups (broad SMARTS) is 1. The van der Waals surface area contributed by atoms with Crippen LogP contribution in [0.1, 0.15) is 48.2 Å². The largest absolute Gasteiger partial charge is 0.478 e. The quantitative estimate of drug-likeness (QED) is 0.158. The molecule has 2 fully saturated rings. The van der Waals surface area contributed by atoms with Crippen LogP contribution in [0, 0.1) is 11.6 Å². The highest BCUT2D eigenvalue weighted by Gasteiger charge is 2.14. The van der Waals surface area contributed by atoms with Crippen molar-refractivity contribution in [2.75, 3.05) is 62.4 Å². The molecule has 280 valence electrons. The zero-order valence-corrected chi connectivity index (χ0v) is 30.2. The number of halogens is 2. The summed E-state index contributed by atoms with van der Waals surface area (Å²) in [4.78, 5) is 26.8. The van der Waals surface area contributed by atoms with E-state index in [-0.39, 0.29) is 29.4 Å². The Hall–Kier alpha value is -5.36. The van der Waals surface area contributed by atoms with Crippen molar-refractivity contribution in [2.24, 2.45) is 5.73 Å². The van der Waals surface area contributed by atoms with E-state index >= 15 is 0 Å².